The quantitative estimate of drug-likeness (QED) is 0.654. The molecule has 2 aromatic rings. The van der Waals surface area contributed by atoms with Crippen molar-refractivity contribution in [3.63, 3.8) is 0 Å². The summed E-state index contributed by atoms with van der Waals surface area (Å²) in [7, 11) is 0. The maximum atomic E-state index is 11.3. The highest BCUT2D eigenvalue weighted by molar-refractivity contribution is 5.90. The zero-order valence-corrected chi connectivity index (χ0v) is 11.5. The van der Waals surface area contributed by atoms with Crippen LogP contribution in [0.4, 0.5) is 0 Å². The van der Waals surface area contributed by atoms with Gasteiger partial charge < -0.3 is 9.84 Å². The van der Waals surface area contributed by atoms with Gasteiger partial charge in [-0.05, 0) is 23.1 Å². The first-order valence-corrected chi connectivity index (χ1v) is 6.63. The number of benzene rings is 2. The fraction of sp³-hybridized carbons (Fsp3) is 0.176. The topological polar surface area (TPSA) is 63.6 Å². The molecule has 0 aliphatic heterocycles. The van der Waals surface area contributed by atoms with Crippen LogP contribution in [0.15, 0.2) is 54.6 Å². The Morgan fingerprint density at radius 3 is 2.19 bits per heavy atom. The Kier molecular flexibility index (Phi) is 5.10. The number of esters is 1. The van der Waals surface area contributed by atoms with Gasteiger partial charge in [-0.2, -0.15) is 0 Å². The molecule has 0 aliphatic carbocycles. The SMILES string of the molecule is O=C(O)CC(=O)OCc1ccccc1Cc1ccccc1. The largest absolute Gasteiger partial charge is 0.481 e. The smallest absolute Gasteiger partial charge is 0.317 e. The number of carboxylic acid groups (broad SMARTS) is 1. The van der Waals surface area contributed by atoms with E-state index in [1.165, 1.54) is 5.56 Å². The van der Waals surface area contributed by atoms with Gasteiger partial charge in [-0.1, -0.05) is 54.6 Å². The van der Waals surface area contributed by atoms with E-state index in [2.05, 4.69) is 0 Å². The van der Waals surface area contributed by atoms with Crippen LogP contribution in [0.3, 0.4) is 0 Å². The first-order chi connectivity index (χ1) is 10.1. The maximum Gasteiger partial charge on any atom is 0.317 e. The standard InChI is InChI=1S/C17H16O4/c18-16(19)11-17(20)21-12-15-9-5-4-8-14(15)10-13-6-2-1-3-7-13/h1-9H,10-12H2,(H,18,19). The van der Waals surface area contributed by atoms with Gasteiger partial charge in [0.1, 0.15) is 13.0 Å². The highest BCUT2D eigenvalue weighted by Gasteiger charge is 2.10. The lowest BCUT2D eigenvalue weighted by molar-refractivity contribution is -0.152. The van der Waals surface area contributed by atoms with E-state index >= 15 is 0 Å². The average Bonchev–Trinajstić information content (AvgIpc) is 2.47. The number of hydrogen-bond acceptors (Lipinski definition) is 3. The van der Waals surface area contributed by atoms with Crippen LogP contribution in [-0.4, -0.2) is 17.0 Å². The van der Waals surface area contributed by atoms with Crippen molar-refractivity contribution in [1.29, 1.82) is 0 Å². The summed E-state index contributed by atoms with van der Waals surface area (Å²) in [6, 6.07) is 17.6. The first kappa shape index (κ1) is 14.8. The van der Waals surface area contributed by atoms with Gasteiger partial charge in [-0.3, -0.25) is 9.59 Å². The van der Waals surface area contributed by atoms with Crippen molar-refractivity contribution in [1.82, 2.24) is 0 Å². The molecule has 1 N–H and O–H groups in total. The molecule has 0 heterocycles. The second kappa shape index (κ2) is 7.24. The van der Waals surface area contributed by atoms with Crippen LogP contribution in [0.2, 0.25) is 0 Å². The van der Waals surface area contributed by atoms with E-state index in [0.717, 1.165) is 17.5 Å². The fourth-order valence-corrected chi connectivity index (χ4v) is 2.02. The number of carbonyl (C=O) groups excluding carboxylic acids is 1. The van der Waals surface area contributed by atoms with Crippen molar-refractivity contribution < 1.29 is 19.4 Å². The molecule has 21 heavy (non-hydrogen) atoms. The van der Waals surface area contributed by atoms with Crippen LogP contribution in [0.1, 0.15) is 23.1 Å². The molecule has 0 amide bonds. The molecule has 0 spiro atoms. The molecule has 2 aromatic carbocycles. The van der Waals surface area contributed by atoms with Gasteiger partial charge in [-0.25, -0.2) is 0 Å². The zero-order chi connectivity index (χ0) is 15.1. The van der Waals surface area contributed by atoms with Gasteiger partial charge in [0, 0.05) is 0 Å². The van der Waals surface area contributed by atoms with E-state index < -0.39 is 18.4 Å². The molecule has 0 saturated carbocycles. The molecule has 0 bridgehead atoms. The highest BCUT2D eigenvalue weighted by atomic mass is 16.5. The Balaban J connectivity index is 2.03. The zero-order valence-electron chi connectivity index (χ0n) is 11.5. The molecule has 4 nitrogen and oxygen atoms in total. The summed E-state index contributed by atoms with van der Waals surface area (Å²) in [5, 5.41) is 8.53. The Labute approximate surface area is 123 Å². The predicted octanol–water partition coefficient (Wildman–Crippen LogP) is 2.80. The van der Waals surface area contributed by atoms with Gasteiger partial charge >= 0.3 is 11.9 Å². The van der Waals surface area contributed by atoms with Crippen LogP contribution >= 0.6 is 0 Å². The van der Waals surface area contributed by atoms with Crippen LogP contribution in [0.5, 0.6) is 0 Å². The lowest BCUT2D eigenvalue weighted by Gasteiger charge is -2.10. The second-order valence-electron chi connectivity index (χ2n) is 4.66. The van der Waals surface area contributed by atoms with Crippen molar-refractivity contribution in [2.75, 3.05) is 0 Å². The number of carboxylic acids is 1. The third-order valence-electron chi connectivity index (χ3n) is 3.04. The Hall–Kier alpha value is -2.62. The van der Waals surface area contributed by atoms with Crippen LogP contribution in [0, 0.1) is 0 Å². The molecule has 4 heteroatoms. The third kappa shape index (κ3) is 4.76. The van der Waals surface area contributed by atoms with Crippen molar-refractivity contribution in [2.45, 2.75) is 19.4 Å². The van der Waals surface area contributed by atoms with Gasteiger partial charge in [-0.15, -0.1) is 0 Å². The van der Waals surface area contributed by atoms with Crippen molar-refractivity contribution >= 4 is 11.9 Å². The lowest BCUT2D eigenvalue weighted by atomic mass is 10.0. The second-order valence-corrected chi connectivity index (χ2v) is 4.66. The minimum atomic E-state index is -1.18. The molecule has 108 valence electrons. The molecule has 0 radical (unpaired) electrons. The number of ether oxygens (including phenoxy) is 1. The van der Waals surface area contributed by atoms with E-state index in [4.69, 9.17) is 9.84 Å². The van der Waals surface area contributed by atoms with E-state index in [1.54, 1.807) is 0 Å². The van der Waals surface area contributed by atoms with Crippen molar-refractivity contribution in [2.24, 2.45) is 0 Å². The van der Waals surface area contributed by atoms with Gasteiger partial charge in [0.05, 0.1) is 0 Å². The fourth-order valence-electron chi connectivity index (χ4n) is 2.02. The molecule has 0 aliphatic rings. The molecule has 0 unspecified atom stereocenters. The molecular weight excluding hydrogens is 268 g/mol. The summed E-state index contributed by atoms with van der Waals surface area (Å²) in [5.74, 6) is -1.91. The predicted molar refractivity (Wildman–Crippen MR) is 77.7 cm³/mol. The number of aliphatic carboxylic acids is 1. The number of hydrogen-bond donors (Lipinski definition) is 1. The lowest BCUT2D eigenvalue weighted by Crippen LogP contribution is -2.11. The van der Waals surface area contributed by atoms with Gasteiger partial charge in [0.15, 0.2) is 0 Å². The third-order valence-corrected chi connectivity index (χ3v) is 3.04. The summed E-state index contributed by atoms with van der Waals surface area (Å²) in [6.45, 7) is 0.0924. The summed E-state index contributed by atoms with van der Waals surface area (Å²) in [4.78, 5) is 21.7. The summed E-state index contributed by atoms with van der Waals surface area (Å²) in [5.41, 5.74) is 3.12. The van der Waals surface area contributed by atoms with E-state index in [0.29, 0.717) is 0 Å². The van der Waals surface area contributed by atoms with E-state index in [1.807, 2.05) is 54.6 Å². The molecule has 0 aromatic heterocycles. The van der Waals surface area contributed by atoms with Crippen molar-refractivity contribution in [3.05, 3.63) is 71.3 Å². The Morgan fingerprint density at radius 2 is 1.52 bits per heavy atom. The number of carbonyl (C=O) groups is 2. The summed E-state index contributed by atoms with van der Waals surface area (Å²) in [6.07, 6.45) is 0.133. The minimum absolute atomic E-state index is 0.0924. The Morgan fingerprint density at radius 1 is 0.905 bits per heavy atom. The van der Waals surface area contributed by atoms with Gasteiger partial charge in [0.2, 0.25) is 0 Å². The van der Waals surface area contributed by atoms with Crippen molar-refractivity contribution in [3.8, 4) is 0 Å². The molecular formula is C17H16O4. The van der Waals surface area contributed by atoms with E-state index in [-0.39, 0.29) is 6.61 Å². The normalized spacial score (nSPS) is 10.1. The van der Waals surface area contributed by atoms with Crippen LogP contribution in [0.25, 0.3) is 0 Å². The minimum Gasteiger partial charge on any atom is -0.481 e. The molecule has 0 fully saturated rings. The average molecular weight is 284 g/mol. The first-order valence-electron chi connectivity index (χ1n) is 6.63. The molecule has 0 atom stereocenters. The van der Waals surface area contributed by atoms with Gasteiger partial charge in [0.25, 0.3) is 0 Å². The highest BCUT2D eigenvalue weighted by Crippen LogP contribution is 2.15. The van der Waals surface area contributed by atoms with Crippen LogP contribution in [-0.2, 0) is 27.4 Å². The molecule has 0 saturated heterocycles. The molecule has 2 rings (SSSR count). The summed E-state index contributed by atoms with van der Waals surface area (Å²) >= 11 is 0. The van der Waals surface area contributed by atoms with Crippen LogP contribution < -0.4 is 0 Å². The number of rotatable bonds is 6. The van der Waals surface area contributed by atoms with E-state index in [9.17, 15) is 9.59 Å². The monoisotopic (exact) mass is 284 g/mol. The Bertz CT molecular complexity index is 620. The summed E-state index contributed by atoms with van der Waals surface area (Å²) < 4.78 is 5.00. The maximum absolute atomic E-state index is 11.3.